The van der Waals surface area contributed by atoms with Crippen molar-refractivity contribution >= 4 is 5.91 Å². The molecule has 23 heteroatoms. The number of hydrogen-bond donors (Lipinski definition) is 14. The van der Waals surface area contributed by atoms with Crippen molar-refractivity contribution in [1.82, 2.24) is 10.6 Å². The zero-order valence-corrected chi connectivity index (χ0v) is 29.0. The summed E-state index contributed by atoms with van der Waals surface area (Å²) in [6.07, 6.45) is -17.2. The molecule has 20 N–H and O–H groups in total. The van der Waals surface area contributed by atoms with Crippen LogP contribution in [0.15, 0.2) is 12.2 Å². The van der Waals surface area contributed by atoms with Gasteiger partial charge in [-0.25, -0.2) is 8.78 Å². The quantitative estimate of drug-likeness (QED) is 0.0482. The summed E-state index contributed by atoms with van der Waals surface area (Å²) in [5.41, 5.74) is 35.0. The third-order valence-corrected chi connectivity index (χ3v) is 9.67. The number of ether oxygens (including phenoxy) is 6. The largest absolute Gasteiger partial charge is 0.394 e. The molecule has 18 atom stereocenters. The number of halogens is 2. The molecule has 0 aromatic carbocycles. The number of carbonyl (C=O) groups excluding carboxylic acids is 1. The first-order valence-corrected chi connectivity index (χ1v) is 17.5. The first-order chi connectivity index (χ1) is 25.1. The molecule has 0 spiro atoms. The van der Waals surface area contributed by atoms with Crippen LogP contribution in [-0.4, -0.2) is 192 Å². The second-order valence-corrected chi connectivity index (χ2v) is 13.6. The lowest BCUT2D eigenvalue weighted by Gasteiger charge is -2.46. The van der Waals surface area contributed by atoms with Crippen molar-refractivity contribution in [2.75, 3.05) is 39.3 Å². The summed E-state index contributed by atoms with van der Waals surface area (Å²) in [5, 5.41) is 69.0. The fraction of sp³-hybridized carbons (Fsp3) is 0.900. The Morgan fingerprint density at radius 1 is 0.868 bits per heavy atom. The molecule has 4 rings (SSSR count). The molecule has 3 heterocycles. The fourth-order valence-corrected chi connectivity index (χ4v) is 6.51. The van der Waals surface area contributed by atoms with Gasteiger partial charge in [0.25, 0.3) is 11.8 Å². The number of aliphatic hydroxyl groups excluding tert-OH is 6. The lowest BCUT2D eigenvalue weighted by Crippen LogP contribution is -2.67. The van der Waals surface area contributed by atoms with Gasteiger partial charge in [-0.3, -0.25) is 4.79 Å². The summed E-state index contributed by atoms with van der Waals surface area (Å²) in [7, 11) is 0. The van der Waals surface area contributed by atoms with E-state index in [9.17, 15) is 44.2 Å². The highest BCUT2D eigenvalue weighted by Gasteiger charge is 2.54. The Bertz CT molecular complexity index is 1190. The van der Waals surface area contributed by atoms with Crippen molar-refractivity contribution in [1.29, 1.82) is 0 Å². The second kappa shape index (κ2) is 19.4. The average Bonchev–Trinajstić information content (AvgIpc) is 3.43. The van der Waals surface area contributed by atoms with Crippen molar-refractivity contribution in [3.05, 3.63) is 12.2 Å². The molecule has 53 heavy (non-hydrogen) atoms. The van der Waals surface area contributed by atoms with E-state index in [1.807, 2.05) is 0 Å². The molecule has 3 fully saturated rings. The molecule has 1 aliphatic carbocycles. The Morgan fingerprint density at radius 2 is 1.53 bits per heavy atom. The summed E-state index contributed by atoms with van der Waals surface area (Å²) in [4.78, 5) is 12.7. The highest BCUT2D eigenvalue weighted by Crippen LogP contribution is 2.34. The van der Waals surface area contributed by atoms with Gasteiger partial charge in [0.15, 0.2) is 25.0 Å². The second-order valence-electron chi connectivity index (χ2n) is 13.6. The number of nitrogens with two attached hydrogens (primary N) is 6. The summed E-state index contributed by atoms with van der Waals surface area (Å²) < 4.78 is 63.6. The van der Waals surface area contributed by atoms with Gasteiger partial charge in [0.05, 0.1) is 37.4 Å². The number of amides is 1. The maximum Gasteiger partial charge on any atom is 0.294 e. The van der Waals surface area contributed by atoms with E-state index in [1.165, 1.54) is 0 Å². The predicted molar refractivity (Wildman–Crippen MR) is 177 cm³/mol. The Morgan fingerprint density at radius 3 is 2.17 bits per heavy atom. The van der Waals surface area contributed by atoms with E-state index in [1.54, 1.807) is 12.2 Å². The summed E-state index contributed by atoms with van der Waals surface area (Å²) in [6, 6.07) is -4.70. The van der Waals surface area contributed by atoms with Crippen LogP contribution in [0.2, 0.25) is 0 Å². The topological polar surface area (TPSA) is 374 Å². The van der Waals surface area contributed by atoms with E-state index >= 15 is 0 Å². The van der Waals surface area contributed by atoms with Crippen molar-refractivity contribution < 1.29 is 72.6 Å². The lowest BCUT2D eigenvalue weighted by atomic mass is 9.83. The normalized spacial score (nSPS) is 42.8. The van der Waals surface area contributed by atoms with Crippen molar-refractivity contribution in [3.8, 4) is 0 Å². The van der Waals surface area contributed by atoms with E-state index < -0.39 is 135 Å². The molecular weight excluding hydrogens is 718 g/mol. The molecule has 0 aromatic rings. The van der Waals surface area contributed by atoms with Crippen LogP contribution in [0.1, 0.15) is 12.8 Å². The van der Waals surface area contributed by atoms with Gasteiger partial charge in [0.2, 0.25) is 0 Å². The molecule has 308 valence electrons. The lowest BCUT2D eigenvalue weighted by molar-refractivity contribution is -0.284. The van der Waals surface area contributed by atoms with E-state index in [0.29, 0.717) is 19.6 Å². The number of nitrogens with one attached hydrogen (secondary N) is 2. The number of rotatable bonds is 17. The van der Waals surface area contributed by atoms with Gasteiger partial charge in [-0.05, 0) is 25.9 Å². The smallest absolute Gasteiger partial charge is 0.294 e. The van der Waals surface area contributed by atoms with Crippen molar-refractivity contribution in [2.24, 2.45) is 34.4 Å². The molecule has 0 aromatic heterocycles. The maximum absolute atomic E-state index is 14.1. The van der Waals surface area contributed by atoms with Crippen LogP contribution >= 0.6 is 0 Å². The predicted octanol–water partition coefficient (Wildman–Crippen LogP) is -7.97. The number of hydrogen-bond acceptors (Lipinski definition) is 20. The Kier molecular flexibility index (Phi) is 16.2. The van der Waals surface area contributed by atoms with Crippen LogP contribution in [-0.2, 0) is 33.2 Å². The van der Waals surface area contributed by atoms with Gasteiger partial charge in [-0.15, -0.1) is 0 Å². The van der Waals surface area contributed by atoms with E-state index in [0.717, 1.165) is 6.42 Å². The molecule has 1 saturated carbocycles. The molecule has 0 bridgehead atoms. The third kappa shape index (κ3) is 10.4. The summed E-state index contributed by atoms with van der Waals surface area (Å²) >= 11 is 0. The molecule has 4 aliphatic rings. The van der Waals surface area contributed by atoms with Crippen molar-refractivity contribution in [3.63, 3.8) is 0 Å². The first-order valence-electron chi connectivity index (χ1n) is 17.5. The highest BCUT2D eigenvalue weighted by molar-refractivity contribution is 5.82. The summed E-state index contributed by atoms with van der Waals surface area (Å²) in [6.45, 7) is -0.835. The van der Waals surface area contributed by atoms with Crippen LogP contribution in [0.5, 0.6) is 0 Å². The Balaban J connectivity index is 1.55. The van der Waals surface area contributed by atoms with Gasteiger partial charge < -0.3 is 104 Å². The minimum atomic E-state index is -4.00. The van der Waals surface area contributed by atoms with Gasteiger partial charge in [-0.1, -0.05) is 12.2 Å². The van der Waals surface area contributed by atoms with Crippen LogP contribution in [0.4, 0.5) is 8.78 Å². The molecule has 3 aliphatic heterocycles. The molecule has 1 amide bonds. The SMILES string of the molecule is NCCCNC[C@@H]1C=C[C@@H](N)[C@@H](O[C@H]2[C@H](O[C@@H]3O[C@H](CO)[C@@H](O[C@H]4O[C@@H](CN)[C@@H](O)[C@H](O)[C@H]4N)[C@H]3O)[C@@H](O)[C@H](NC(=O)C(O)C(F)(F)CN)C[C@@H]2N)O1. The van der Waals surface area contributed by atoms with Crippen molar-refractivity contribution in [2.45, 2.75) is 129 Å². The number of carbonyl (C=O) groups is 1. The zero-order chi connectivity index (χ0) is 39.2. The monoisotopic (exact) mass is 774 g/mol. The van der Waals surface area contributed by atoms with Crippen LogP contribution < -0.4 is 45.0 Å². The maximum atomic E-state index is 14.1. The molecule has 2 saturated heterocycles. The van der Waals surface area contributed by atoms with Gasteiger partial charge >= 0.3 is 0 Å². The van der Waals surface area contributed by atoms with Gasteiger partial charge in [0, 0.05) is 19.1 Å². The third-order valence-electron chi connectivity index (χ3n) is 9.67. The average molecular weight is 775 g/mol. The molecule has 0 radical (unpaired) electrons. The first kappa shape index (κ1) is 44.0. The van der Waals surface area contributed by atoms with Gasteiger partial charge in [-0.2, -0.15) is 0 Å². The molecular formula is C30H56F2N8O13. The van der Waals surface area contributed by atoms with E-state index in [-0.39, 0.29) is 13.0 Å². The Labute approximate surface area is 304 Å². The van der Waals surface area contributed by atoms with Crippen LogP contribution in [0.25, 0.3) is 0 Å². The highest BCUT2D eigenvalue weighted by atomic mass is 19.3. The van der Waals surface area contributed by atoms with Crippen LogP contribution in [0.3, 0.4) is 0 Å². The Hall–Kier alpha value is -1.69. The molecule has 1 unspecified atom stereocenters. The van der Waals surface area contributed by atoms with Gasteiger partial charge in [0.1, 0.15) is 54.9 Å². The summed E-state index contributed by atoms with van der Waals surface area (Å²) in [5.74, 6) is -5.55. The zero-order valence-electron chi connectivity index (χ0n) is 29.0. The van der Waals surface area contributed by atoms with E-state index in [4.69, 9.17) is 62.8 Å². The minimum Gasteiger partial charge on any atom is -0.394 e. The minimum absolute atomic E-state index is 0.223. The number of alkyl halides is 2. The fourth-order valence-electron chi connectivity index (χ4n) is 6.51. The standard InChI is InChI=1S/C30H56F2N8O13/c31-30(32,10-35)25(46)26(47)40-14-6-13(37)22(51-27-12(36)3-2-11(48-27)8-39-5-1-4-33)24(18(14)42)53-29-21(45)23(16(9-41)50-29)52-28-17(38)20(44)19(43)15(7-34)49-28/h2-3,11-25,27-29,39,41-46H,1,4-10,33-38H2,(H,40,47)/t11-,12+,13-,14+,15-,16+,17+,18-,19+,20+,21+,22+,23+,24+,25?,27+,28+,29-/m0/s1. The number of aliphatic hydroxyl groups is 6. The van der Waals surface area contributed by atoms with Crippen LogP contribution in [0, 0.1) is 0 Å². The van der Waals surface area contributed by atoms with E-state index in [2.05, 4.69) is 10.6 Å². The molecule has 21 nitrogen and oxygen atoms in total.